The summed E-state index contributed by atoms with van der Waals surface area (Å²) in [5, 5.41) is 9.34. The van der Waals surface area contributed by atoms with E-state index in [9.17, 15) is 0 Å². The molecule has 170 valence electrons. The smallest absolute Gasteiger partial charge is 0.203 e. The Bertz CT molecular complexity index is 840. The highest BCUT2D eigenvalue weighted by Crippen LogP contribution is 2.58. The van der Waals surface area contributed by atoms with Crippen molar-refractivity contribution in [3.05, 3.63) is 35.4 Å². The Morgan fingerprint density at radius 3 is 1.77 bits per heavy atom. The molecule has 0 radical (unpaired) electrons. The number of methoxy groups -OCH3 is 5. The third-order valence-corrected chi connectivity index (χ3v) is 8.18. The van der Waals surface area contributed by atoms with Crippen molar-refractivity contribution < 1.29 is 33.5 Å². The lowest BCUT2D eigenvalue weighted by Gasteiger charge is -2.19. The van der Waals surface area contributed by atoms with Crippen LogP contribution in [0.15, 0.2) is 24.3 Å². The summed E-state index contributed by atoms with van der Waals surface area (Å²) in [6, 6.07) is 7.96. The fraction of sp³-hybridized carbons (Fsp3) is 0.455. The van der Waals surface area contributed by atoms with Crippen molar-refractivity contribution in [2.75, 3.05) is 54.5 Å². The van der Waals surface area contributed by atoms with Crippen LogP contribution in [-0.2, 0) is 0 Å². The first-order valence-electron chi connectivity index (χ1n) is 9.66. The Kier molecular flexibility index (Phi) is 8.34. The number of aliphatic hydroxyl groups is 1. The number of ether oxygens (including phenoxy) is 6. The Hall–Kier alpha value is -2.10. The second kappa shape index (κ2) is 11.0. The van der Waals surface area contributed by atoms with Gasteiger partial charge >= 0.3 is 0 Å². The Balaban J connectivity index is 1.87. The molecular formula is C22H28O7S2. The lowest BCUT2D eigenvalue weighted by atomic mass is 10.1. The number of thioether (sulfide) groups is 2. The van der Waals surface area contributed by atoms with Gasteiger partial charge in [-0.2, -0.15) is 0 Å². The van der Waals surface area contributed by atoms with Crippen LogP contribution in [0.4, 0.5) is 0 Å². The zero-order valence-electron chi connectivity index (χ0n) is 18.3. The molecule has 7 nitrogen and oxygen atoms in total. The molecule has 2 unspecified atom stereocenters. The standard InChI is InChI=1S/C22H28O7S2/c1-24-15-8-13(9-16(25-2)20(15)28-5)19-12-30-22(31-19)14-10-17(26-3)21(29-7-6-23)18(11-14)27-4/h8-11,19,22-23H,6-7,12H2,1-5H3. The van der Waals surface area contributed by atoms with Gasteiger partial charge in [0.15, 0.2) is 23.0 Å². The molecule has 0 amide bonds. The summed E-state index contributed by atoms with van der Waals surface area (Å²) in [4.78, 5) is 0. The topological polar surface area (TPSA) is 75.6 Å². The van der Waals surface area contributed by atoms with Crippen molar-refractivity contribution in [2.45, 2.75) is 9.83 Å². The summed E-state index contributed by atoms with van der Waals surface area (Å²) in [5.41, 5.74) is 2.20. The molecule has 0 bridgehead atoms. The molecule has 31 heavy (non-hydrogen) atoms. The van der Waals surface area contributed by atoms with Crippen molar-refractivity contribution >= 4 is 23.5 Å². The summed E-state index contributed by atoms with van der Waals surface area (Å²) in [5.74, 6) is 4.49. The molecule has 1 N–H and O–H groups in total. The zero-order valence-corrected chi connectivity index (χ0v) is 19.9. The van der Waals surface area contributed by atoms with E-state index in [1.165, 1.54) is 0 Å². The molecule has 1 saturated heterocycles. The number of hydrogen-bond acceptors (Lipinski definition) is 9. The third-order valence-electron chi connectivity index (χ3n) is 4.84. The predicted octanol–water partition coefficient (Wildman–Crippen LogP) is 4.32. The average Bonchev–Trinajstić information content (AvgIpc) is 3.31. The van der Waals surface area contributed by atoms with Crippen molar-refractivity contribution in [1.82, 2.24) is 0 Å². The maximum absolute atomic E-state index is 9.09. The van der Waals surface area contributed by atoms with E-state index >= 15 is 0 Å². The van der Waals surface area contributed by atoms with Gasteiger partial charge in [0.25, 0.3) is 0 Å². The van der Waals surface area contributed by atoms with Crippen molar-refractivity contribution in [1.29, 1.82) is 0 Å². The van der Waals surface area contributed by atoms with Crippen LogP contribution in [0.5, 0.6) is 34.5 Å². The maximum atomic E-state index is 9.09. The van der Waals surface area contributed by atoms with E-state index < -0.39 is 0 Å². The van der Waals surface area contributed by atoms with Crippen LogP contribution >= 0.6 is 23.5 Å². The fourth-order valence-electron chi connectivity index (χ4n) is 3.37. The van der Waals surface area contributed by atoms with E-state index in [1.807, 2.05) is 47.8 Å². The minimum Gasteiger partial charge on any atom is -0.493 e. The van der Waals surface area contributed by atoms with Crippen molar-refractivity contribution in [3.8, 4) is 34.5 Å². The highest BCUT2D eigenvalue weighted by molar-refractivity contribution is 8.19. The maximum Gasteiger partial charge on any atom is 0.203 e. The van der Waals surface area contributed by atoms with Crippen LogP contribution in [0.25, 0.3) is 0 Å². The predicted molar refractivity (Wildman–Crippen MR) is 124 cm³/mol. The Labute approximate surface area is 191 Å². The zero-order chi connectivity index (χ0) is 22.4. The number of benzene rings is 2. The number of aliphatic hydroxyl groups excluding tert-OH is 1. The van der Waals surface area contributed by atoms with Gasteiger partial charge < -0.3 is 33.5 Å². The van der Waals surface area contributed by atoms with Gasteiger partial charge in [-0.1, -0.05) is 0 Å². The molecule has 0 saturated carbocycles. The van der Waals surface area contributed by atoms with E-state index in [4.69, 9.17) is 33.5 Å². The van der Waals surface area contributed by atoms with Crippen molar-refractivity contribution in [2.24, 2.45) is 0 Å². The third kappa shape index (κ3) is 5.05. The van der Waals surface area contributed by atoms with E-state index in [0.717, 1.165) is 16.9 Å². The van der Waals surface area contributed by atoms with Crippen molar-refractivity contribution in [3.63, 3.8) is 0 Å². The van der Waals surface area contributed by atoms with E-state index in [0.29, 0.717) is 34.5 Å². The van der Waals surface area contributed by atoms with Gasteiger partial charge in [-0.05, 0) is 35.4 Å². The van der Waals surface area contributed by atoms with Crippen LogP contribution in [0.3, 0.4) is 0 Å². The molecular weight excluding hydrogens is 440 g/mol. The van der Waals surface area contributed by atoms with E-state index in [-0.39, 0.29) is 23.0 Å². The molecule has 0 aliphatic carbocycles. The van der Waals surface area contributed by atoms with Gasteiger partial charge in [0.05, 0.1) is 46.7 Å². The quantitative estimate of drug-likeness (QED) is 0.549. The lowest BCUT2D eigenvalue weighted by molar-refractivity contribution is 0.191. The highest BCUT2D eigenvalue weighted by atomic mass is 32.2. The highest BCUT2D eigenvalue weighted by Gasteiger charge is 2.31. The summed E-state index contributed by atoms with van der Waals surface area (Å²) in [7, 11) is 8.04. The molecule has 3 rings (SSSR count). The van der Waals surface area contributed by atoms with E-state index in [2.05, 4.69) is 0 Å². The largest absolute Gasteiger partial charge is 0.493 e. The molecule has 2 aromatic rings. The average molecular weight is 469 g/mol. The van der Waals surface area contributed by atoms with Gasteiger partial charge in [0.1, 0.15) is 6.61 Å². The van der Waals surface area contributed by atoms with Crippen LogP contribution in [-0.4, -0.2) is 59.6 Å². The molecule has 1 aliphatic rings. The summed E-state index contributed by atoms with van der Waals surface area (Å²) >= 11 is 3.71. The Morgan fingerprint density at radius 1 is 0.774 bits per heavy atom. The number of hydrogen-bond donors (Lipinski definition) is 1. The number of rotatable bonds is 10. The summed E-state index contributed by atoms with van der Waals surface area (Å²) < 4.78 is 33.3. The molecule has 1 fully saturated rings. The van der Waals surface area contributed by atoms with Gasteiger partial charge in [0, 0.05) is 11.0 Å². The first-order chi connectivity index (χ1) is 15.1. The summed E-state index contributed by atoms with van der Waals surface area (Å²) in [6.45, 7) is 0.0844. The van der Waals surface area contributed by atoms with Crippen LogP contribution in [0, 0.1) is 0 Å². The van der Waals surface area contributed by atoms with Gasteiger partial charge in [-0.3, -0.25) is 0 Å². The molecule has 2 aromatic carbocycles. The molecule has 0 spiro atoms. The first-order valence-corrected chi connectivity index (χ1v) is 11.7. The monoisotopic (exact) mass is 468 g/mol. The van der Waals surface area contributed by atoms with Gasteiger partial charge in [-0.25, -0.2) is 0 Å². The van der Waals surface area contributed by atoms with Crippen LogP contribution in [0.1, 0.15) is 21.0 Å². The molecule has 2 atom stereocenters. The molecule has 1 aliphatic heterocycles. The summed E-state index contributed by atoms with van der Waals surface area (Å²) in [6.07, 6.45) is 0. The molecule has 1 heterocycles. The fourth-order valence-corrected chi connectivity index (χ4v) is 6.62. The first kappa shape index (κ1) is 23.6. The lowest BCUT2D eigenvalue weighted by Crippen LogP contribution is -2.05. The minimum atomic E-state index is -0.0845. The molecule has 0 aromatic heterocycles. The second-order valence-corrected chi connectivity index (χ2v) is 9.32. The van der Waals surface area contributed by atoms with Crippen LogP contribution in [0.2, 0.25) is 0 Å². The minimum absolute atomic E-state index is 0.0845. The Morgan fingerprint density at radius 2 is 1.29 bits per heavy atom. The molecule has 9 heteroatoms. The van der Waals surface area contributed by atoms with Gasteiger partial charge in [0.2, 0.25) is 11.5 Å². The van der Waals surface area contributed by atoms with E-state index in [1.54, 1.807) is 35.5 Å². The second-order valence-electron chi connectivity index (χ2n) is 6.58. The van der Waals surface area contributed by atoms with Gasteiger partial charge in [-0.15, -0.1) is 23.5 Å². The SMILES string of the molecule is COc1cc(C2CSC(c3cc(OC)c(OCCO)c(OC)c3)S2)cc(OC)c1OC. The van der Waals surface area contributed by atoms with Crippen LogP contribution < -0.4 is 28.4 Å². The normalized spacial score (nSPS) is 17.9.